The number of hydrogen-bond donors (Lipinski definition) is 2. The number of benzene rings is 1. The summed E-state index contributed by atoms with van der Waals surface area (Å²) in [4.78, 5) is 27.8. The molecule has 7 heteroatoms. The van der Waals surface area contributed by atoms with Crippen molar-refractivity contribution in [3.63, 3.8) is 0 Å². The van der Waals surface area contributed by atoms with Crippen molar-refractivity contribution in [3.8, 4) is 0 Å². The molecule has 1 heterocycles. The molecule has 0 aromatic heterocycles. The standard InChI is InChI=1S/C12H27N3.C8H8N2O2/c1-13(2)9-10-14(3)11-12-15-7-5-4-6-8-15;9-7-1-2-8(10-5-12)6(3-7)4-11/h4-12H2,1-3H3;1-5H,9H2,(H,10,12). The van der Waals surface area contributed by atoms with Crippen LogP contribution in [0, 0.1) is 0 Å². The summed E-state index contributed by atoms with van der Waals surface area (Å²) in [6.45, 7) is 7.46. The number of nitrogen functional groups attached to an aromatic ring is 1. The normalized spacial score (nSPS) is 14.6. The maximum atomic E-state index is 10.4. The Morgan fingerprint density at radius 2 is 1.78 bits per heavy atom. The van der Waals surface area contributed by atoms with Crippen molar-refractivity contribution < 1.29 is 9.59 Å². The Kier molecular flexibility index (Phi) is 11.3. The van der Waals surface area contributed by atoms with E-state index in [1.165, 1.54) is 58.1 Å². The van der Waals surface area contributed by atoms with Gasteiger partial charge in [0.2, 0.25) is 6.41 Å². The molecule has 1 aromatic carbocycles. The highest BCUT2D eigenvalue weighted by Crippen LogP contribution is 2.15. The van der Waals surface area contributed by atoms with E-state index in [0.717, 1.165) is 6.54 Å². The summed E-state index contributed by atoms with van der Waals surface area (Å²) >= 11 is 0. The lowest BCUT2D eigenvalue weighted by Gasteiger charge is -2.28. The van der Waals surface area contributed by atoms with Crippen LogP contribution in [0.2, 0.25) is 0 Å². The molecule has 1 aliphatic heterocycles. The second kappa shape index (κ2) is 13.2. The lowest BCUT2D eigenvalue weighted by molar-refractivity contribution is -0.105. The zero-order valence-electron chi connectivity index (χ0n) is 17.0. The molecule has 1 saturated heterocycles. The lowest BCUT2D eigenvalue weighted by Crippen LogP contribution is -2.38. The monoisotopic (exact) mass is 377 g/mol. The number of rotatable bonds is 9. The summed E-state index contributed by atoms with van der Waals surface area (Å²) < 4.78 is 0. The van der Waals surface area contributed by atoms with Gasteiger partial charge >= 0.3 is 0 Å². The number of likely N-dealkylation sites (tertiary alicyclic amines) is 1. The van der Waals surface area contributed by atoms with Gasteiger partial charge in [0.05, 0.1) is 5.69 Å². The second-order valence-electron chi connectivity index (χ2n) is 7.24. The van der Waals surface area contributed by atoms with Crippen LogP contribution < -0.4 is 11.1 Å². The van der Waals surface area contributed by atoms with Gasteiger partial charge in [0.25, 0.3) is 0 Å². The molecule has 3 N–H and O–H groups in total. The Labute approximate surface area is 163 Å². The summed E-state index contributed by atoms with van der Waals surface area (Å²) in [7, 11) is 6.50. The quantitative estimate of drug-likeness (QED) is 0.503. The fraction of sp³-hybridized carbons (Fsp3) is 0.600. The third-order valence-electron chi connectivity index (χ3n) is 4.59. The number of carbonyl (C=O) groups excluding carboxylic acids is 2. The van der Waals surface area contributed by atoms with E-state index >= 15 is 0 Å². The Balaban J connectivity index is 0.000000277. The van der Waals surface area contributed by atoms with Crippen LogP contribution in [0.1, 0.15) is 29.6 Å². The highest BCUT2D eigenvalue weighted by Gasteiger charge is 2.10. The van der Waals surface area contributed by atoms with E-state index in [1.54, 1.807) is 12.1 Å². The van der Waals surface area contributed by atoms with Gasteiger partial charge in [-0.3, -0.25) is 9.59 Å². The summed E-state index contributed by atoms with van der Waals surface area (Å²) in [6, 6.07) is 4.69. The molecular formula is C20H35N5O2. The van der Waals surface area contributed by atoms with Gasteiger partial charge in [-0.15, -0.1) is 0 Å². The van der Waals surface area contributed by atoms with Crippen molar-refractivity contribution in [1.29, 1.82) is 0 Å². The van der Waals surface area contributed by atoms with E-state index < -0.39 is 0 Å². The van der Waals surface area contributed by atoms with E-state index in [9.17, 15) is 9.59 Å². The molecule has 152 valence electrons. The number of carbonyl (C=O) groups is 2. The number of likely N-dealkylation sites (N-methyl/N-ethyl adjacent to an activating group) is 2. The highest BCUT2D eigenvalue weighted by molar-refractivity contribution is 5.89. The summed E-state index contributed by atoms with van der Waals surface area (Å²) in [5.74, 6) is 0. The van der Waals surface area contributed by atoms with Gasteiger partial charge < -0.3 is 25.8 Å². The predicted molar refractivity (Wildman–Crippen MR) is 112 cm³/mol. The van der Waals surface area contributed by atoms with Gasteiger partial charge in [-0.25, -0.2) is 0 Å². The molecule has 1 aromatic rings. The topological polar surface area (TPSA) is 81.9 Å². The summed E-state index contributed by atoms with van der Waals surface area (Å²) in [6.07, 6.45) is 5.40. The average Bonchev–Trinajstić information content (AvgIpc) is 2.67. The van der Waals surface area contributed by atoms with Crippen LogP contribution in [0.3, 0.4) is 0 Å². The van der Waals surface area contributed by atoms with E-state index in [0.29, 0.717) is 29.6 Å². The molecule has 0 saturated carbocycles. The number of anilines is 2. The van der Waals surface area contributed by atoms with Gasteiger partial charge in [-0.05, 0) is 65.3 Å². The highest BCUT2D eigenvalue weighted by atomic mass is 16.1. The number of nitrogens with one attached hydrogen (secondary N) is 1. The zero-order valence-corrected chi connectivity index (χ0v) is 17.0. The van der Waals surface area contributed by atoms with Gasteiger partial charge in [0.15, 0.2) is 6.29 Å². The van der Waals surface area contributed by atoms with E-state index in [1.807, 2.05) is 0 Å². The smallest absolute Gasteiger partial charge is 0.211 e. The van der Waals surface area contributed by atoms with Crippen LogP contribution in [-0.4, -0.2) is 87.8 Å². The van der Waals surface area contributed by atoms with Crippen LogP contribution in [0.5, 0.6) is 0 Å². The minimum atomic E-state index is 0.377. The number of nitrogens with zero attached hydrogens (tertiary/aromatic N) is 3. The molecule has 0 unspecified atom stereocenters. The van der Waals surface area contributed by atoms with Crippen molar-refractivity contribution in [3.05, 3.63) is 23.8 Å². The molecule has 0 atom stereocenters. The van der Waals surface area contributed by atoms with E-state index in [2.05, 4.69) is 41.2 Å². The van der Waals surface area contributed by atoms with Crippen LogP contribution in [0.25, 0.3) is 0 Å². The van der Waals surface area contributed by atoms with Crippen LogP contribution >= 0.6 is 0 Å². The maximum Gasteiger partial charge on any atom is 0.211 e. The molecule has 0 aliphatic carbocycles. The molecule has 27 heavy (non-hydrogen) atoms. The second-order valence-corrected chi connectivity index (χ2v) is 7.24. The van der Waals surface area contributed by atoms with Crippen molar-refractivity contribution in [1.82, 2.24) is 14.7 Å². The number of hydrogen-bond acceptors (Lipinski definition) is 6. The minimum absolute atomic E-state index is 0.377. The molecule has 0 spiro atoms. The third-order valence-corrected chi connectivity index (χ3v) is 4.59. The van der Waals surface area contributed by atoms with Gasteiger partial charge in [0.1, 0.15) is 0 Å². The van der Waals surface area contributed by atoms with Crippen LogP contribution in [0.4, 0.5) is 11.4 Å². The lowest BCUT2D eigenvalue weighted by atomic mass is 10.1. The first kappa shape index (κ1) is 23.1. The molecule has 0 bridgehead atoms. The summed E-state index contributed by atoms with van der Waals surface area (Å²) in [5, 5.41) is 2.39. The maximum absolute atomic E-state index is 10.4. The SMILES string of the molecule is CN(C)CCN(C)CCN1CCCCC1.Nc1ccc(NC=O)c(C=O)c1. The van der Waals surface area contributed by atoms with Crippen molar-refractivity contribution >= 4 is 24.1 Å². The first-order chi connectivity index (χ1) is 13.0. The molecule has 1 aliphatic rings. The molecule has 1 fully saturated rings. The molecule has 0 radical (unpaired) electrons. The van der Waals surface area contributed by atoms with Gasteiger partial charge in [0, 0.05) is 37.4 Å². The Morgan fingerprint density at radius 3 is 2.37 bits per heavy atom. The fourth-order valence-corrected chi connectivity index (χ4v) is 2.85. The average molecular weight is 378 g/mol. The first-order valence-electron chi connectivity index (χ1n) is 9.56. The fourth-order valence-electron chi connectivity index (χ4n) is 2.85. The van der Waals surface area contributed by atoms with Crippen molar-refractivity contribution in [2.75, 3.05) is 71.5 Å². The van der Waals surface area contributed by atoms with Crippen LogP contribution in [0.15, 0.2) is 18.2 Å². The third kappa shape index (κ3) is 10.1. The number of aldehydes is 1. The van der Waals surface area contributed by atoms with Crippen molar-refractivity contribution in [2.24, 2.45) is 0 Å². The number of piperidine rings is 1. The van der Waals surface area contributed by atoms with Crippen molar-refractivity contribution in [2.45, 2.75) is 19.3 Å². The largest absolute Gasteiger partial charge is 0.399 e. The van der Waals surface area contributed by atoms with E-state index in [-0.39, 0.29) is 0 Å². The summed E-state index contributed by atoms with van der Waals surface area (Å²) in [5.41, 5.74) is 6.76. The number of amides is 1. The Bertz CT molecular complexity index is 559. The van der Waals surface area contributed by atoms with E-state index in [4.69, 9.17) is 5.73 Å². The zero-order chi connectivity index (χ0) is 20.1. The van der Waals surface area contributed by atoms with Gasteiger partial charge in [-0.1, -0.05) is 6.42 Å². The van der Waals surface area contributed by atoms with Gasteiger partial charge in [-0.2, -0.15) is 0 Å². The Morgan fingerprint density at radius 1 is 1.07 bits per heavy atom. The number of nitrogens with two attached hydrogens (primary N) is 1. The minimum Gasteiger partial charge on any atom is -0.399 e. The molecular weight excluding hydrogens is 342 g/mol. The molecule has 7 nitrogen and oxygen atoms in total. The molecule has 2 rings (SSSR count). The first-order valence-corrected chi connectivity index (χ1v) is 9.56. The Hall–Kier alpha value is -1.96. The van der Waals surface area contributed by atoms with Crippen LogP contribution in [-0.2, 0) is 4.79 Å². The predicted octanol–water partition coefficient (Wildman–Crippen LogP) is 1.62. The molecule has 1 amide bonds.